The Bertz CT molecular complexity index is 687. The van der Waals surface area contributed by atoms with Crippen molar-refractivity contribution in [3.05, 3.63) is 71.3 Å². The second-order valence-electron chi connectivity index (χ2n) is 5.74. The van der Waals surface area contributed by atoms with E-state index in [4.69, 9.17) is 0 Å². The van der Waals surface area contributed by atoms with Gasteiger partial charge in [-0.15, -0.1) is 0 Å². The number of nitrogens with one attached hydrogen (secondary N) is 1. The van der Waals surface area contributed by atoms with Crippen LogP contribution in [0.5, 0.6) is 0 Å². The van der Waals surface area contributed by atoms with Crippen molar-refractivity contribution in [2.24, 2.45) is 0 Å². The summed E-state index contributed by atoms with van der Waals surface area (Å²) < 4.78 is 38.1. The fourth-order valence-corrected chi connectivity index (χ4v) is 2.66. The molecular weight excluding hydrogens is 331 g/mol. The predicted molar refractivity (Wildman–Crippen MR) is 89.3 cm³/mol. The first-order valence-electron chi connectivity index (χ1n) is 8.03. The average Bonchev–Trinajstić information content (AvgIpc) is 2.61. The lowest BCUT2D eigenvalue weighted by molar-refractivity contribution is -0.137. The highest BCUT2D eigenvalue weighted by molar-refractivity contribution is 5.94. The maximum absolute atomic E-state index is 12.7. The molecule has 0 aliphatic rings. The lowest BCUT2D eigenvalue weighted by Gasteiger charge is -2.17. The Balaban J connectivity index is 1.95. The van der Waals surface area contributed by atoms with Gasteiger partial charge in [-0.05, 0) is 42.5 Å². The van der Waals surface area contributed by atoms with Gasteiger partial charge in [0.1, 0.15) is 0 Å². The normalized spacial score (nSPS) is 12.6. The van der Waals surface area contributed by atoms with Crippen LogP contribution in [0.15, 0.2) is 54.6 Å². The monoisotopic (exact) mass is 351 g/mol. The van der Waals surface area contributed by atoms with Crippen molar-refractivity contribution in [1.82, 2.24) is 5.32 Å². The predicted octanol–water partition coefficient (Wildman–Crippen LogP) is 3.99. The maximum atomic E-state index is 12.7. The van der Waals surface area contributed by atoms with Crippen LogP contribution >= 0.6 is 0 Å². The molecule has 0 heterocycles. The Labute approximate surface area is 144 Å². The van der Waals surface area contributed by atoms with E-state index >= 15 is 0 Å². The van der Waals surface area contributed by atoms with E-state index in [1.807, 2.05) is 30.3 Å². The summed E-state index contributed by atoms with van der Waals surface area (Å²) >= 11 is 0. The van der Waals surface area contributed by atoms with E-state index in [0.717, 1.165) is 17.7 Å². The van der Waals surface area contributed by atoms with Gasteiger partial charge in [0.2, 0.25) is 0 Å². The number of amides is 1. The third kappa shape index (κ3) is 5.60. The second-order valence-corrected chi connectivity index (χ2v) is 5.74. The van der Waals surface area contributed by atoms with Crippen molar-refractivity contribution in [1.29, 1.82) is 0 Å². The van der Waals surface area contributed by atoms with Crippen LogP contribution in [0.1, 0.15) is 40.2 Å². The zero-order valence-corrected chi connectivity index (χ0v) is 13.6. The average molecular weight is 351 g/mol. The van der Waals surface area contributed by atoms with Gasteiger partial charge in [-0.2, -0.15) is 13.2 Å². The smallest absolute Gasteiger partial charge is 0.396 e. The number of alkyl halides is 3. The number of benzene rings is 2. The summed E-state index contributed by atoms with van der Waals surface area (Å²) in [6.45, 7) is 0.343. The fourth-order valence-electron chi connectivity index (χ4n) is 2.66. The van der Waals surface area contributed by atoms with Crippen LogP contribution in [0, 0.1) is 0 Å². The molecule has 0 bridgehead atoms. The first kappa shape index (κ1) is 19.0. The number of aliphatic hydroxyl groups is 1. The highest BCUT2D eigenvalue weighted by Crippen LogP contribution is 2.29. The minimum absolute atomic E-state index is 0.0201. The number of hydrogen-bond donors (Lipinski definition) is 2. The topological polar surface area (TPSA) is 49.3 Å². The molecule has 2 aromatic carbocycles. The van der Waals surface area contributed by atoms with E-state index in [2.05, 4.69) is 5.32 Å². The quantitative estimate of drug-likeness (QED) is 0.792. The number of halogens is 3. The van der Waals surface area contributed by atoms with Crippen molar-refractivity contribution in [2.45, 2.75) is 24.9 Å². The van der Waals surface area contributed by atoms with Crippen molar-refractivity contribution < 1.29 is 23.1 Å². The molecule has 6 heteroatoms. The molecule has 3 nitrogen and oxygen atoms in total. The molecule has 0 aliphatic carbocycles. The van der Waals surface area contributed by atoms with Gasteiger partial charge in [0.05, 0.1) is 5.56 Å². The molecule has 2 rings (SSSR count). The van der Waals surface area contributed by atoms with E-state index in [1.54, 1.807) is 0 Å². The molecule has 0 aliphatic heterocycles. The summed E-state index contributed by atoms with van der Waals surface area (Å²) in [5.41, 5.74) is 0.195. The summed E-state index contributed by atoms with van der Waals surface area (Å²) in [6, 6.07) is 14.0. The highest BCUT2D eigenvalue weighted by Gasteiger charge is 2.30. The summed E-state index contributed by atoms with van der Waals surface area (Å²) in [5, 5.41) is 11.8. The van der Waals surface area contributed by atoms with Gasteiger partial charge in [-0.3, -0.25) is 4.79 Å². The van der Waals surface area contributed by atoms with Crippen LogP contribution in [0.3, 0.4) is 0 Å². The van der Waals surface area contributed by atoms with Gasteiger partial charge in [0.15, 0.2) is 0 Å². The molecule has 0 aromatic heterocycles. The van der Waals surface area contributed by atoms with Crippen LogP contribution < -0.4 is 5.32 Å². The van der Waals surface area contributed by atoms with Crippen molar-refractivity contribution >= 4 is 5.91 Å². The van der Waals surface area contributed by atoms with E-state index in [0.29, 0.717) is 19.4 Å². The molecule has 1 unspecified atom stereocenters. The Morgan fingerprint density at radius 1 is 1.04 bits per heavy atom. The zero-order valence-electron chi connectivity index (χ0n) is 13.6. The van der Waals surface area contributed by atoms with Crippen LogP contribution in [-0.2, 0) is 6.18 Å². The minimum Gasteiger partial charge on any atom is -0.396 e. The number of carbonyl (C=O) groups excluding carboxylic acids is 1. The van der Waals surface area contributed by atoms with Crippen molar-refractivity contribution in [3.8, 4) is 0 Å². The summed E-state index contributed by atoms with van der Waals surface area (Å²) in [5.74, 6) is -0.463. The van der Waals surface area contributed by atoms with E-state index in [9.17, 15) is 23.1 Å². The first-order chi connectivity index (χ1) is 11.9. The SMILES string of the molecule is O=C(NCCC(CCO)c1ccccc1)c1cccc(C(F)(F)F)c1. The molecule has 2 aromatic rings. The van der Waals surface area contributed by atoms with Gasteiger partial charge in [-0.25, -0.2) is 0 Å². The molecule has 0 spiro atoms. The van der Waals surface area contributed by atoms with E-state index < -0.39 is 17.6 Å². The molecular formula is C19H20F3NO2. The third-order valence-electron chi connectivity index (χ3n) is 3.98. The summed E-state index contributed by atoms with van der Waals surface area (Å²) in [7, 11) is 0. The Morgan fingerprint density at radius 3 is 2.40 bits per heavy atom. The Morgan fingerprint density at radius 2 is 1.76 bits per heavy atom. The van der Waals surface area contributed by atoms with Gasteiger partial charge in [0.25, 0.3) is 5.91 Å². The number of aliphatic hydroxyl groups excluding tert-OH is 1. The Kier molecular flexibility index (Phi) is 6.58. The number of hydrogen-bond acceptors (Lipinski definition) is 2. The number of rotatable bonds is 7. The maximum Gasteiger partial charge on any atom is 0.416 e. The van der Waals surface area contributed by atoms with Crippen LogP contribution in [-0.4, -0.2) is 24.2 Å². The van der Waals surface area contributed by atoms with Gasteiger partial charge in [0, 0.05) is 18.7 Å². The molecule has 0 saturated heterocycles. The molecule has 2 N–H and O–H groups in total. The highest BCUT2D eigenvalue weighted by atomic mass is 19.4. The Hall–Kier alpha value is -2.34. The number of carbonyl (C=O) groups is 1. The second kappa shape index (κ2) is 8.67. The van der Waals surface area contributed by atoms with Gasteiger partial charge < -0.3 is 10.4 Å². The fraction of sp³-hybridized carbons (Fsp3) is 0.316. The van der Waals surface area contributed by atoms with Crippen LogP contribution in [0.4, 0.5) is 13.2 Å². The molecule has 25 heavy (non-hydrogen) atoms. The molecule has 1 amide bonds. The van der Waals surface area contributed by atoms with Crippen molar-refractivity contribution in [2.75, 3.05) is 13.2 Å². The minimum atomic E-state index is -4.48. The van der Waals surface area contributed by atoms with Crippen LogP contribution in [0.2, 0.25) is 0 Å². The molecule has 0 saturated carbocycles. The van der Waals surface area contributed by atoms with Crippen LogP contribution in [0.25, 0.3) is 0 Å². The molecule has 0 fully saturated rings. The van der Waals surface area contributed by atoms with Gasteiger partial charge >= 0.3 is 6.18 Å². The standard InChI is InChI=1S/C19H20F3NO2/c20-19(21,22)17-8-4-7-16(13-17)18(25)23-11-9-15(10-12-24)14-5-2-1-3-6-14/h1-8,13,15,24H,9-12H2,(H,23,25). The summed E-state index contributed by atoms with van der Waals surface area (Å²) in [6.07, 6.45) is -3.32. The van der Waals surface area contributed by atoms with E-state index in [-0.39, 0.29) is 18.1 Å². The lowest BCUT2D eigenvalue weighted by atomic mass is 9.93. The zero-order chi connectivity index (χ0) is 18.3. The molecule has 0 radical (unpaired) electrons. The first-order valence-corrected chi connectivity index (χ1v) is 8.03. The largest absolute Gasteiger partial charge is 0.416 e. The van der Waals surface area contributed by atoms with Crippen molar-refractivity contribution in [3.63, 3.8) is 0 Å². The molecule has 1 atom stereocenters. The summed E-state index contributed by atoms with van der Waals surface area (Å²) in [4.78, 5) is 12.1. The van der Waals surface area contributed by atoms with E-state index in [1.165, 1.54) is 12.1 Å². The van der Waals surface area contributed by atoms with Gasteiger partial charge in [-0.1, -0.05) is 36.4 Å². The third-order valence-corrected chi connectivity index (χ3v) is 3.98. The lowest BCUT2D eigenvalue weighted by Crippen LogP contribution is -2.26. The molecule has 134 valence electrons.